The molecule has 2 amide bonds. The molecule has 74 valence electrons. The predicted octanol–water partition coefficient (Wildman–Crippen LogP) is 2.63. The van der Waals surface area contributed by atoms with Crippen LogP contribution in [0, 0.1) is 0 Å². The minimum atomic E-state index is -0.0760. The summed E-state index contributed by atoms with van der Waals surface area (Å²) in [4.78, 5) is 13.1. The summed E-state index contributed by atoms with van der Waals surface area (Å²) in [6.45, 7) is 1.36. The third kappa shape index (κ3) is 1.72. The van der Waals surface area contributed by atoms with Crippen LogP contribution in [-0.4, -0.2) is 19.1 Å². The lowest BCUT2D eigenvalue weighted by Gasteiger charge is -2.16. The minimum Gasteiger partial charge on any atom is -0.336 e. The molecule has 0 spiro atoms. The van der Waals surface area contributed by atoms with Gasteiger partial charge in [0.05, 0.1) is 5.69 Å². The maximum Gasteiger partial charge on any atom is 0.322 e. The second-order valence-electron chi connectivity index (χ2n) is 2.98. The minimum absolute atomic E-state index is 0.0760. The zero-order chi connectivity index (χ0) is 10.1. The molecule has 0 aliphatic carbocycles. The lowest BCUT2D eigenvalue weighted by Crippen LogP contribution is -2.27. The van der Waals surface area contributed by atoms with Crippen LogP contribution in [0.1, 0.15) is 0 Å². The van der Waals surface area contributed by atoms with E-state index >= 15 is 0 Å². The van der Waals surface area contributed by atoms with Gasteiger partial charge in [-0.1, -0.05) is 11.6 Å². The van der Waals surface area contributed by atoms with Crippen LogP contribution < -0.4 is 10.2 Å². The van der Waals surface area contributed by atoms with Gasteiger partial charge in [0.15, 0.2) is 0 Å². The fourth-order valence-electron chi connectivity index (χ4n) is 1.39. The van der Waals surface area contributed by atoms with Crippen LogP contribution in [-0.2, 0) is 0 Å². The van der Waals surface area contributed by atoms with Crippen molar-refractivity contribution in [1.29, 1.82) is 0 Å². The van der Waals surface area contributed by atoms with Crippen LogP contribution in [0.5, 0.6) is 0 Å². The third-order valence-corrected chi connectivity index (χ3v) is 2.96. The molecular weight excluding hydrogens is 267 g/mol. The molecule has 1 fully saturated rings. The molecule has 0 saturated carbocycles. The molecule has 0 bridgehead atoms. The van der Waals surface area contributed by atoms with Crippen molar-refractivity contribution in [3.05, 3.63) is 27.7 Å². The van der Waals surface area contributed by atoms with E-state index in [1.54, 1.807) is 17.0 Å². The van der Waals surface area contributed by atoms with Crippen molar-refractivity contribution in [3.63, 3.8) is 0 Å². The highest BCUT2D eigenvalue weighted by Gasteiger charge is 2.22. The summed E-state index contributed by atoms with van der Waals surface area (Å²) in [7, 11) is 0. The average Bonchev–Trinajstić information content (AvgIpc) is 2.56. The molecule has 1 heterocycles. The van der Waals surface area contributed by atoms with Gasteiger partial charge in [0.25, 0.3) is 0 Å². The Morgan fingerprint density at radius 2 is 2.29 bits per heavy atom. The quantitative estimate of drug-likeness (QED) is 0.839. The second-order valence-corrected chi connectivity index (χ2v) is 4.27. The van der Waals surface area contributed by atoms with Crippen LogP contribution in [0.4, 0.5) is 10.5 Å². The number of hydrogen-bond acceptors (Lipinski definition) is 1. The smallest absolute Gasteiger partial charge is 0.322 e. The Morgan fingerprint density at radius 3 is 2.93 bits per heavy atom. The normalized spacial score (nSPS) is 15.9. The van der Waals surface area contributed by atoms with Gasteiger partial charge in [0.2, 0.25) is 0 Å². The number of nitrogens with one attached hydrogen (secondary N) is 1. The number of hydrogen-bond donors (Lipinski definition) is 1. The average molecular weight is 276 g/mol. The maximum atomic E-state index is 11.4. The van der Waals surface area contributed by atoms with Gasteiger partial charge in [0.1, 0.15) is 0 Å². The Bertz CT molecular complexity index is 383. The van der Waals surface area contributed by atoms with Gasteiger partial charge in [-0.05, 0) is 34.1 Å². The first-order valence-corrected chi connectivity index (χ1v) is 5.36. The van der Waals surface area contributed by atoms with Gasteiger partial charge in [-0.25, -0.2) is 4.79 Å². The molecule has 1 saturated heterocycles. The van der Waals surface area contributed by atoms with Crippen molar-refractivity contribution in [1.82, 2.24) is 5.32 Å². The number of rotatable bonds is 1. The molecule has 3 nitrogen and oxygen atoms in total. The fraction of sp³-hybridized carbons (Fsp3) is 0.222. The van der Waals surface area contributed by atoms with Crippen molar-refractivity contribution >= 4 is 39.2 Å². The first kappa shape index (κ1) is 9.80. The van der Waals surface area contributed by atoms with E-state index in [1.807, 2.05) is 6.07 Å². The molecule has 0 aromatic heterocycles. The van der Waals surface area contributed by atoms with Gasteiger partial charge < -0.3 is 5.32 Å². The maximum absolute atomic E-state index is 11.4. The Hall–Kier alpha value is -0.740. The molecule has 0 atom stereocenters. The largest absolute Gasteiger partial charge is 0.336 e. The lowest BCUT2D eigenvalue weighted by atomic mass is 10.3. The summed E-state index contributed by atoms with van der Waals surface area (Å²) < 4.78 is 0.874. The summed E-state index contributed by atoms with van der Waals surface area (Å²) in [5, 5.41) is 3.37. The summed E-state index contributed by atoms with van der Waals surface area (Å²) >= 11 is 9.25. The first-order chi connectivity index (χ1) is 6.68. The molecule has 1 aromatic carbocycles. The SMILES string of the molecule is O=C1NCCN1c1cc(Cl)ccc1Br. The van der Waals surface area contributed by atoms with Gasteiger partial charge in [-0.15, -0.1) is 0 Å². The van der Waals surface area contributed by atoms with E-state index in [1.165, 1.54) is 0 Å². The number of nitrogens with zero attached hydrogens (tertiary/aromatic N) is 1. The molecule has 2 rings (SSSR count). The molecule has 0 radical (unpaired) electrons. The predicted molar refractivity (Wildman–Crippen MR) is 59.9 cm³/mol. The van der Waals surface area contributed by atoms with Crippen molar-refractivity contribution in [2.24, 2.45) is 0 Å². The lowest BCUT2D eigenvalue weighted by molar-refractivity contribution is 0.252. The summed E-state index contributed by atoms with van der Waals surface area (Å²) in [6.07, 6.45) is 0. The van der Waals surface area contributed by atoms with Crippen LogP contribution in [0.25, 0.3) is 0 Å². The number of carbonyl (C=O) groups is 1. The van der Waals surface area contributed by atoms with Crippen LogP contribution in [0.15, 0.2) is 22.7 Å². The molecule has 1 N–H and O–H groups in total. The summed E-state index contributed by atoms with van der Waals surface area (Å²) in [6, 6.07) is 5.32. The van der Waals surface area contributed by atoms with Crippen molar-refractivity contribution in [3.8, 4) is 0 Å². The molecule has 1 aliphatic rings. The van der Waals surface area contributed by atoms with E-state index < -0.39 is 0 Å². The van der Waals surface area contributed by atoms with E-state index in [2.05, 4.69) is 21.2 Å². The molecule has 14 heavy (non-hydrogen) atoms. The van der Waals surface area contributed by atoms with Crippen molar-refractivity contribution < 1.29 is 4.79 Å². The first-order valence-electron chi connectivity index (χ1n) is 4.19. The number of amides is 2. The topological polar surface area (TPSA) is 32.3 Å². The number of anilines is 1. The molecule has 0 unspecified atom stereocenters. The number of urea groups is 1. The van der Waals surface area contributed by atoms with E-state index in [0.29, 0.717) is 18.1 Å². The highest BCUT2D eigenvalue weighted by atomic mass is 79.9. The van der Waals surface area contributed by atoms with Gasteiger partial charge >= 0.3 is 6.03 Å². The molecule has 1 aromatic rings. The van der Waals surface area contributed by atoms with Crippen molar-refractivity contribution in [2.75, 3.05) is 18.0 Å². The molecule has 1 aliphatic heterocycles. The Kier molecular flexibility index (Phi) is 2.65. The summed E-state index contributed by atoms with van der Waals surface area (Å²) in [5.41, 5.74) is 0.813. The molecule has 5 heteroatoms. The van der Waals surface area contributed by atoms with Crippen molar-refractivity contribution in [2.45, 2.75) is 0 Å². The Labute approximate surface area is 95.2 Å². The number of carbonyl (C=O) groups excluding carboxylic acids is 1. The van der Waals surface area contributed by atoms with E-state index in [-0.39, 0.29) is 6.03 Å². The monoisotopic (exact) mass is 274 g/mol. The Balaban J connectivity index is 2.39. The fourth-order valence-corrected chi connectivity index (χ4v) is 2.02. The third-order valence-electron chi connectivity index (χ3n) is 2.06. The van der Waals surface area contributed by atoms with E-state index in [9.17, 15) is 4.79 Å². The van der Waals surface area contributed by atoms with E-state index in [0.717, 1.165) is 10.2 Å². The molecular formula is C9H8BrClN2O. The number of halogens is 2. The van der Waals surface area contributed by atoms with E-state index in [4.69, 9.17) is 11.6 Å². The highest BCUT2D eigenvalue weighted by Crippen LogP contribution is 2.30. The number of benzene rings is 1. The zero-order valence-corrected chi connectivity index (χ0v) is 9.60. The van der Waals surface area contributed by atoms with Crippen LogP contribution in [0.2, 0.25) is 5.02 Å². The van der Waals surface area contributed by atoms with Gasteiger partial charge in [-0.2, -0.15) is 0 Å². The zero-order valence-electron chi connectivity index (χ0n) is 7.26. The Morgan fingerprint density at radius 1 is 1.50 bits per heavy atom. The standard InChI is InChI=1S/C9H8BrClN2O/c10-7-2-1-6(11)5-8(7)13-4-3-12-9(13)14/h1-2,5H,3-4H2,(H,12,14). The highest BCUT2D eigenvalue weighted by molar-refractivity contribution is 9.10. The second kappa shape index (κ2) is 3.79. The van der Waals surface area contributed by atoms with Crippen LogP contribution in [0.3, 0.4) is 0 Å². The van der Waals surface area contributed by atoms with Gasteiger partial charge in [0, 0.05) is 22.6 Å². The van der Waals surface area contributed by atoms with Gasteiger partial charge in [-0.3, -0.25) is 4.90 Å². The summed E-state index contributed by atoms with van der Waals surface area (Å²) in [5.74, 6) is 0. The van der Waals surface area contributed by atoms with Crippen LogP contribution >= 0.6 is 27.5 Å².